The Morgan fingerprint density at radius 2 is 1.88 bits per heavy atom. The van der Waals surface area contributed by atoms with E-state index in [-0.39, 0.29) is 18.6 Å². The average Bonchev–Trinajstić information content (AvgIpc) is 2.56. The molecule has 0 unspecified atom stereocenters. The average molecular weight is 344 g/mol. The molecule has 1 aliphatic rings. The summed E-state index contributed by atoms with van der Waals surface area (Å²) in [7, 11) is 0. The van der Waals surface area contributed by atoms with Gasteiger partial charge in [0.05, 0.1) is 0 Å². The van der Waals surface area contributed by atoms with E-state index in [2.05, 4.69) is 15.0 Å². The second-order valence-electron chi connectivity index (χ2n) is 5.98. The molecule has 0 saturated carbocycles. The lowest BCUT2D eigenvalue weighted by Gasteiger charge is -2.32. The van der Waals surface area contributed by atoms with Crippen molar-refractivity contribution in [1.29, 1.82) is 0 Å². The Morgan fingerprint density at radius 3 is 2.50 bits per heavy atom. The smallest absolute Gasteiger partial charge is 0.372 e. The molecule has 1 saturated heterocycles. The third-order valence-corrected chi connectivity index (χ3v) is 3.99. The van der Waals surface area contributed by atoms with E-state index in [4.69, 9.17) is 0 Å². The first-order valence-electron chi connectivity index (χ1n) is 8.17. The van der Waals surface area contributed by atoms with Gasteiger partial charge in [0, 0.05) is 37.8 Å². The number of halogens is 3. The van der Waals surface area contributed by atoms with E-state index in [9.17, 15) is 18.0 Å². The maximum atomic E-state index is 12.1. The number of hydrogen-bond acceptors (Lipinski definition) is 3. The highest BCUT2D eigenvalue weighted by Gasteiger charge is 2.27. The number of carbonyl (C=O) groups excluding carboxylic acids is 1. The zero-order valence-electron chi connectivity index (χ0n) is 13.5. The van der Waals surface area contributed by atoms with Gasteiger partial charge in [0.1, 0.15) is 6.61 Å². The van der Waals surface area contributed by atoms with Crippen LogP contribution in [0.3, 0.4) is 0 Å². The first kappa shape index (κ1) is 18.7. The van der Waals surface area contributed by atoms with Gasteiger partial charge >= 0.3 is 6.18 Å². The van der Waals surface area contributed by atoms with Crippen LogP contribution in [0.2, 0.25) is 0 Å². The molecule has 1 aliphatic heterocycles. The molecule has 0 aromatic heterocycles. The molecule has 1 aromatic carbocycles. The quantitative estimate of drug-likeness (QED) is 0.774. The number of nitrogens with one attached hydrogen (secondary N) is 1. The van der Waals surface area contributed by atoms with Crippen molar-refractivity contribution in [3.05, 3.63) is 35.9 Å². The fourth-order valence-corrected chi connectivity index (χ4v) is 2.74. The Morgan fingerprint density at radius 1 is 1.21 bits per heavy atom. The molecule has 0 aliphatic carbocycles. The topological polar surface area (TPSA) is 41.6 Å². The number of ether oxygens (including phenoxy) is 1. The predicted octanol–water partition coefficient (Wildman–Crippen LogP) is 2.85. The van der Waals surface area contributed by atoms with Crippen LogP contribution >= 0.6 is 0 Å². The zero-order chi connectivity index (χ0) is 17.4. The van der Waals surface area contributed by atoms with Crippen LogP contribution in [0, 0.1) is 0 Å². The Labute approximate surface area is 140 Å². The van der Waals surface area contributed by atoms with E-state index >= 15 is 0 Å². The first-order chi connectivity index (χ1) is 11.4. The van der Waals surface area contributed by atoms with Crippen molar-refractivity contribution in [1.82, 2.24) is 10.2 Å². The molecule has 1 aromatic rings. The van der Waals surface area contributed by atoms with Gasteiger partial charge in [-0.2, -0.15) is 13.2 Å². The fraction of sp³-hybridized carbons (Fsp3) is 0.588. The van der Waals surface area contributed by atoms with Crippen LogP contribution in [0.25, 0.3) is 0 Å². The van der Waals surface area contributed by atoms with Crippen molar-refractivity contribution in [3.8, 4) is 0 Å². The second kappa shape index (κ2) is 9.03. The molecule has 0 atom stereocenters. The second-order valence-corrected chi connectivity index (χ2v) is 5.98. The van der Waals surface area contributed by atoms with Crippen LogP contribution < -0.4 is 5.32 Å². The molecular formula is C17H23F3N2O2. The SMILES string of the molecule is O=C(NC1CCN(CCCOCC(F)(F)F)CC1)c1ccccc1. The summed E-state index contributed by atoms with van der Waals surface area (Å²) in [6, 6.07) is 9.25. The van der Waals surface area contributed by atoms with Crippen LogP contribution in [-0.2, 0) is 4.74 Å². The normalized spacial score (nSPS) is 17.0. The van der Waals surface area contributed by atoms with Crippen LogP contribution in [0.5, 0.6) is 0 Å². The first-order valence-corrected chi connectivity index (χ1v) is 8.17. The van der Waals surface area contributed by atoms with Gasteiger partial charge in [-0.15, -0.1) is 0 Å². The zero-order valence-corrected chi connectivity index (χ0v) is 13.5. The molecule has 134 valence electrons. The third-order valence-electron chi connectivity index (χ3n) is 3.99. The Bertz CT molecular complexity index is 500. The van der Waals surface area contributed by atoms with E-state index in [0.717, 1.165) is 32.5 Å². The largest absolute Gasteiger partial charge is 0.411 e. The van der Waals surface area contributed by atoms with Crippen molar-refractivity contribution in [2.45, 2.75) is 31.5 Å². The van der Waals surface area contributed by atoms with E-state index in [0.29, 0.717) is 12.0 Å². The number of alkyl halides is 3. The minimum Gasteiger partial charge on any atom is -0.372 e. The number of amides is 1. The molecule has 0 radical (unpaired) electrons. The number of hydrogen-bond donors (Lipinski definition) is 1. The van der Waals surface area contributed by atoms with E-state index in [1.807, 2.05) is 18.2 Å². The van der Waals surface area contributed by atoms with Gasteiger partial charge in [-0.05, 0) is 31.4 Å². The summed E-state index contributed by atoms with van der Waals surface area (Å²) in [6.07, 6.45) is -1.98. The summed E-state index contributed by atoms with van der Waals surface area (Å²) in [5.41, 5.74) is 0.654. The van der Waals surface area contributed by atoms with Crippen LogP contribution in [0.4, 0.5) is 13.2 Å². The lowest BCUT2D eigenvalue weighted by Crippen LogP contribution is -2.45. The molecule has 1 N–H and O–H groups in total. The molecule has 0 bridgehead atoms. The highest BCUT2D eigenvalue weighted by Crippen LogP contribution is 2.15. The lowest BCUT2D eigenvalue weighted by atomic mass is 10.0. The van der Waals surface area contributed by atoms with Gasteiger partial charge in [-0.1, -0.05) is 18.2 Å². The number of likely N-dealkylation sites (tertiary alicyclic amines) is 1. The molecule has 24 heavy (non-hydrogen) atoms. The Hall–Kier alpha value is -1.60. The molecule has 2 rings (SSSR count). The summed E-state index contributed by atoms with van der Waals surface area (Å²) in [6.45, 7) is 1.32. The minimum atomic E-state index is -4.25. The molecular weight excluding hydrogens is 321 g/mol. The van der Waals surface area contributed by atoms with Gasteiger partial charge in [-0.25, -0.2) is 0 Å². The Kier molecular flexibility index (Phi) is 7.05. The maximum Gasteiger partial charge on any atom is 0.411 e. The van der Waals surface area contributed by atoms with Crippen molar-refractivity contribution >= 4 is 5.91 Å². The highest BCUT2D eigenvalue weighted by atomic mass is 19.4. The van der Waals surface area contributed by atoms with Crippen LogP contribution in [-0.4, -0.2) is 55.9 Å². The van der Waals surface area contributed by atoms with Gasteiger partial charge in [0.25, 0.3) is 5.91 Å². The number of carbonyl (C=O) groups is 1. The van der Waals surface area contributed by atoms with E-state index in [1.54, 1.807) is 12.1 Å². The van der Waals surface area contributed by atoms with Crippen LogP contribution in [0.1, 0.15) is 29.6 Å². The van der Waals surface area contributed by atoms with E-state index < -0.39 is 12.8 Å². The van der Waals surface area contributed by atoms with Crippen LogP contribution in [0.15, 0.2) is 30.3 Å². The number of piperidine rings is 1. The summed E-state index contributed by atoms with van der Waals surface area (Å²) in [5, 5.41) is 3.03. The summed E-state index contributed by atoms with van der Waals surface area (Å²) < 4.78 is 40.4. The molecule has 1 amide bonds. The number of rotatable bonds is 7. The minimum absolute atomic E-state index is 0.0606. The van der Waals surface area contributed by atoms with Gasteiger partial charge in [-0.3, -0.25) is 4.79 Å². The summed E-state index contributed by atoms with van der Waals surface area (Å²) in [5.74, 6) is -0.0606. The van der Waals surface area contributed by atoms with Gasteiger partial charge < -0.3 is 15.0 Å². The standard InChI is InChI=1S/C17H23F3N2O2/c18-17(19,20)13-24-12-4-9-22-10-7-15(8-11-22)21-16(23)14-5-2-1-3-6-14/h1-3,5-6,15H,4,7-13H2,(H,21,23). The number of benzene rings is 1. The molecule has 0 spiro atoms. The Balaban J connectivity index is 1.59. The lowest BCUT2D eigenvalue weighted by molar-refractivity contribution is -0.174. The number of nitrogens with zero attached hydrogens (tertiary/aromatic N) is 1. The fourth-order valence-electron chi connectivity index (χ4n) is 2.74. The molecule has 1 fully saturated rings. The maximum absolute atomic E-state index is 12.1. The summed E-state index contributed by atoms with van der Waals surface area (Å²) in [4.78, 5) is 14.3. The third kappa shape index (κ3) is 6.88. The molecule has 7 heteroatoms. The van der Waals surface area contributed by atoms with E-state index in [1.165, 1.54) is 0 Å². The highest BCUT2D eigenvalue weighted by molar-refractivity contribution is 5.94. The monoisotopic (exact) mass is 344 g/mol. The van der Waals surface area contributed by atoms with Gasteiger partial charge in [0.15, 0.2) is 0 Å². The molecule has 1 heterocycles. The van der Waals surface area contributed by atoms with Crippen molar-refractivity contribution in [2.24, 2.45) is 0 Å². The summed E-state index contributed by atoms with van der Waals surface area (Å²) >= 11 is 0. The van der Waals surface area contributed by atoms with Crippen molar-refractivity contribution < 1.29 is 22.7 Å². The van der Waals surface area contributed by atoms with Crippen molar-refractivity contribution in [2.75, 3.05) is 32.8 Å². The molecule has 4 nitrogen and oxygen atoms in total. The van der Waals surface area contributed by atoms with Gasteiger partial charge in [0.2, 0.25) is 0 Å². The van der Waals surface area contributed by atoms with Crippen molar-refractivity contribution in [3.63, 3.8) is 0 Å². The predicted molar refractivity (Wildman–Crippen MR) is 84.9 cm³/mol.